The van der Waals surface area contributed by atoms with E-state index < -0.39 is 5.97 Å². The molecule has 164 valence electrons. The number of anilines is 1. The van der Waals surface area contributed by atoms with Crippen molar-refractivity contribution in [2.45, 2.75) is 25.3 Å². The van der Waals surface area contributed by atoms with Crippen molar-refractivity contribution in [3.05, 3.63) is 93.4 Å². The number of thiazole rings is 1. The number of thiophene rings is 1. The second-order valence-electron chi connectivity index (χ2n) is 7.22. The molecule has 4 aromatic rings. The van der Waals surface area contributed by atoms with Crippen LogP contribution in [0.5, 0.6) is 0 Å². The van der Waals surface area contributed by atoms with Crippen LogP contribution in [0.3, 0.4) is 0 Å². The van der Waals surface area contributed by atoms with Gasteiger partial charge in [-0.15, -0.1) is 11.3 Å². The molecule has 32 heavy (non-hydrogen) atoms. The maximum atomic E-state index is 12.9. The van der Waals surface area contributed by atoms with Gasteiger partial charge in [-0.25, -0.2) is 9.78 Å². The van der Waals surface area contributed by atoms with Crippen molar-refractivity contribution < 1.29 is 14.3 Å². The lowest BCUT2D eigenvalue weighted by Gasteiger charge is -2.17. The quantitative estimate of drug-likeness (QED) is 0.345. The van der Waals surface area contributed by atoms with E-state index in [4.69, 9.17) is 4.74 Å². The average Bonchev–Trinajstić information content (AvgIpc) is 3.58. The first-order valence-electron chi connectivity index (χ1n) is 10.2. The zero-order chi connectivity index (χ0) is 22.3. The number of amides is 1. The molecule has 0 saturated carbocycles. The summed E-state index contributed by atoms with van der Waals surface area (Å²) in [5.41, 5.74) is 2.52. The van der Waals surface area contributed by atoms with Gasteiger partial charge in [0.25, 0.3) is 0 Å². The largest absolute Gasteiger partial charge is 0.464 e. The number of nitrogens with one attached hydrogen (secondary N) is 1. The van der Waals surface area contributed by atoms with Crippen LogP contribution in [-0.2, 0) is 22.4 Å². The lowest BCUT2D eigenvalue weighted by molar-refractivity contribution is -0.116. The maximum absolute atomic E-state index is 12.9. The third-order valence-corrected chi connectivity index (χ3v) is 6.83. The van der Waals surface area contributed by atoms with Gasteiger partial charge in [-0.05, 0) is 52.9 Å². The van der Waals surface area contributed by atoms with Crippen LogP contribution in [0, 0.1) is 0 Å². The normalized spacial score (nSPS) is 11.8. The average molecular weight is 466 g/mol. The number of nitrogens with zero attached hydrogens (tertiary/aromatic N) is 2. The van der Waals surface area contributed by atoms with E-state index in [1.165, 1.54) is 24.0 Å². The standard InChI is InChI=1S/C24H23N3O3S2/c1-30-23(29)22-20(10-9-17-7-3-2-4-8-17)32-24(26-22)25-21(28)15-19(18-11-14-31-16-18)27-12-5-6-13-27/h2-8,11-14,16,19H,9-10,15H2,1H3,(H,25,26,28)/t19-/m1/s1. The highest BCUT2D eigenvalue weighted by molar-refractivity contribution is 7.16. The summed E-state index contributed by atoms with van der Waals surface area (Å²) in [6.07, 6.45) is 5.58. The molecular formula is C24H23N3O3S2. The molecule has 8 heteroatoms. The monoisotopic (exact) mass is 465 g/mol. The van der Waals surface area contributed by atoms with Gasteiger partial charge in [0.15, 0.2) is 10.8 Å². The van der Waals surface area contributed by atoms with Gasteiger partial charge < -0.3 is 14.6 Å². The van der Waals surface area contributed by atoms with E-state index in [9.17, 15) is 9.59 Å². The molecule has 1 aromatic carbocycles. The second-order valence-corrected chi connectivity index (χ2v) is 9.09. The third kappa shape index (κ3) is 5.33. The SMILES string of the molecule is COC(=O)c1nc(NC(=O)C[C@H](c2ccsc2)n2cccc2)sc1CCc1ccccc1. The van der Waals surface area contributed by atoms with Crippen LogP contribution in [-0.4, -0.2) is 28.5 Å². The van der Waals surface area contributed by atoms with Crippen LogP contribution < -0.4 is 5.32 Å². The van der Waals surface area contributed by atoms with Crippen LogP contribution in [0.25, 0.3) is 0 Å². The number of esters is 1. The minimum atomic E-state index is -0.492. The Hall–Kier alpha value is -3.23. The number of carbonyl (C=O) groups is 2. The van der Waals surface area contributed by atoms with E-state index in [0.717, 1.165) is 16.9 Å². The Morgan fingerprint density at radius 3 is 2.56 bits per heavy atom. The molecule has 1 N–H and O–H groups in total. The van der Waals surface area contributed by atoms with E-state index >= 15 is 0 Å². The maximum Gasteiger partial charge on any atom is 0.357 e. The van der Waals surface area contributed by atoms with Gasteiger partial charge in [0.05, 0.1) is 19.6 Å². The minimum absolute atomic E-state index is 0.103. The number of ether oxygens (including phenoxy) is 1. The highest BCUT2D eigenvalue weighted by Crippen LogP contribution is 2.28. The van der Waals surface area contributed by atoms with E-state index in [1.54, 1.807) is 11.3 Å². The molecule has 0 aliphatic rings. The highest BCUT2D eigenvalue weighted by atomic mass is 32.1. The first-order chi connectivity index (χ1) is 15.6. The Balaban J connectivity index is 1.48. The van der Waals surface area contributed by atoms with Crippen molar-refractivity contribution in [1.29, 1.82) is 0 Å². The van der Waals surface area contributed by atoms with Gasteiger partial charge in [0.2, 0.25) is 5.91 Å². The fourth-order valence-corrected chi connectivity index (χ4v) is 5.17. The van der Waals surface area contributed by atoms with Crippen LogP contribution in [0.1, 0.15) is 39.0 Å². The molecule has 3 heterocycles. The Kier molecular flexibility index (Phi) is 7.14. The Morgan fingerprint density at radius 1 is 1.09 bits per heavy atom. The molecule has 0 radical (unpaired) electrons. The Morgan fingerprint density at radius 2 is 1.88 bits per heavy atom. The van der Waals surface area contributed by atoms with Crippen molar-refractivity contribution in [2.75, 3.05) is 12.4 Å². The molecule has 3 aromatic heterocycles. The van der Waals surface area contributed by atoms with Gasteiger partial charge >= 0.3 is 5.97 Å². The fraction of sp³-hybridized carbons (Fsp3) is 0.208. The van der Waals surface area contributed by atoms with Gasteiger partial charge in [0.1, 0.15) is 0 Å². The summed E-state index contributed by atoms with van der Waals surface area (Å²) >= 11 is 2.93. The van der Waals surface area contributed by atoms with Crippen LogP contribution >= 0.6 is 22.7 Å². The number of carbonyl (C=O) groups excluding carboxylic acids is 2. The van der Waals surface area contributed by atoms with Gasteiger partial charge in [0, 0.05) is 17.3 Å². The third-order valence-electron chi connectivity index (χ3n) is 5.10. The number of hydrogen-bond donors (Lipinski definition) is 1. The van der Waals surface area contributed by atoms with Gasteiger partial charge in [-0.2, -0.15) is 11.3 Å². The summed E-state index contributed by atoms with van der Waals surface area (Å²) in [5, 5.41) is 7.36. The summed E-state index contributed by atoms with van der Waals surface area (Å²) < 4.78 is 6.92. The zero-order valence-corrected chi connectivity index (χ0v) is 19.2. The van der Waals surface area contributed by atoms with Crippen molar-refractivity contribution in [3.63, 3.8) is 0 Å². The zero-order valence-electron chi connectivity index (χ0n) is 17.6. The van der Waals surface area contributed by atoms with E-state index in [-0.39, 0.29) is 24.1 Å². The topological polar surface area (TPSA) is 73.2 Å². The summed E-state index contributed by atoms with van der Waals surface area (Å²) in [6, 6.07) is 15.9. The van der Waals surface area contributed by atoms with Crippen LogP contribution in [0.4, 0.5) is 5.13 Å². The smallest absolute Gasteiger partial charge is 0.357 e. The molecule has 0 bridgehead atoms. The van der Waals surface area contributed by atoms with Crippen molar-refractivity contribution in [3.8, 4) is 0 Å². The predicted octanol–water partition coefficient (Wildman–Crippen LogP) is 5.20. The van der Waals surface area contributed by atoms with Crippen molar-refractivity contribution in [1.82, 2.24) is 9.55 Å². The number of benzene rings is 1. The molecule has 0 unspecified atom stereocenters. The summed E-state index contributed by atoms with van der Waals surface area (Å²) in [4.78, 5) is 30.3. The number of methoxy groups -OCH3 is 1. The Bertz CT molecular complexity index is 1120. The second kappa shape index (κ2) is 10.4. The summed E-state index contributed by atoms with van der Waals surface area (Å²) in [6.45, 7) is 0. The van der Waals surface area contributed by atoms with Crippen molar-refractivity contribution in [2.24, 2.45) is 0 Å². The summed E-state index contributed by atoms with van der Waals surface area (Å²) in [7, 11) is 1.34. The lowest BCUT2D eigenvalue weighted by Crippen LogP contribution is -2.19. The van der Waals surface area contributed by atoms with E-state index in [0.29, 0.717) is 11.6 Å². The van der Waals surface area contributed by atoms with Crippen LogP contribution in [0.15, 0.2) is 71.7 Å². The molecule has 1 atom stereocenters. The lowest BCUT2D eigenvalue weighted by atomic mass is 10.1. The minimum Gasteiger partial charge on any atom is -0.464 e. The number of hydrogen-bond acceptors (Lipinski definition) is 6. The number of aromatic nitrogens is 2. The van der Waals surface area contributed by atoms with E-state index in [1.807, 2.05) is 70.9 Å². The highest BCUT2D eigenvalue weighted by Gasteiger charge is 2.22. The first-order valence-corrected chi connectivity index (χ1v) is 12.0. The molecule has 0 aliphatic carbocycles. The van der Waals surface area contributed by atoms with Gasteiger partial charge in [-0.3, -0.25) is 4.79 Å². The Labute approximate surface area is 194 Å². The molecule has 0 aliphatic heterocycles. The van der Waals surface area contributed by atoms with Crippen LogP contribution in [0.2, 0.25) is 0 Å². The number of aryl methyl sites for hydroxylation is 2. The van der Waals surface area contributed by atoms with E-state index in [2.05, 4.69) is 15.7 Å². The van der Waals surface area contributed by atoms with Gasteiger partial charge in [-0.1, -0.05) is 30.3 Å². The molecule has 6 nitrogen and oxygen atoms in total. The molecular weight excluding hydrogens is 442 g/mol. The summed E-state index contributed by atoms with van der Waals surface area (Å²) in [5.74, 6) is -0.650. The predicted molar refractivity (Wildman–Crippen MR) is 127 cm³/mol. The van der Waals surface area contributed by atoms with Crippen molar-refractivity contribution >= 4 is 39.7 Å². The fourth-order valence-electron chi connectivity index (χ4n) is 3.49. The molecule has 0 spiro atoms. The molecule has 1 amide bonds. The first kappa shape index (κ1) is 22.0. The molecule has 0 saturated heterocycles. The number of rotatable bonds is 9. The molecule has 0 fully saturated rings. The molecule has 4 rings (SSSR count).